The number of unbranched alkanes of at least 4 members (excludes halogenated alkanes) is 1. The lowest BCUT2D eigenvalue weighted by Crippen LogP contribution is -2.52. The van der Waals surface area contributed by atoms with E-state index in [1.807, 2.05) is 0 Å². The number of methoxy groups -OCH3 is 1. The molecule has 2 heterocycles. The zero-order valence-corrected chi connectivity index (χ0v) is 20.4. The normalized spacial score (nSPS) is 17.0. The van der Waals surface area contributed by atoms with Crippen molar-refractivity contribution in [3.05, 3.63) is 41.2 Å². The van der Waals surface area contributed by atoms with Gasteiger partial charge in [-0.3, -0.25) is 9.59 Å². The Morgan fingerprint density at radius 3 is 2.43 bits per heavy atom. The Morgan fingerprint density at radius 2 is 1.84 bits per heavy atom. The first kappa shape index (κ1) is 26.5. The van der Waals surface area contributed by atoms with Crippen LogP contribution in [0.1, 0.15) is 66.7 Å². The number of fused-ring (bicyclic) bond motifs is 1. The quantitative estimate of drug-likeness (QED) is 0.487. The van der Waals surface area contributed by atoms with Crippen LogP contribution in [0.2, 0.25) is 0 Å². The summed E-state index contributed by atoms with van der Waals surface area (Å²) in [5.41, 5.74) is -2.21. The molecule has 2 aromatic rings. The summed E-state index contributed by atoms with van der Waals surface area (Å²) in [6.45, 7) is 0.363. The summed E-state index contributed by atoms with van der Waals surface area (Å²) in [6.07, 6.45) is -1.45. The summed E-state index contributed by atoms with van der Waals surface area (Å²) in [5, 5.41) is 15.9. The van der Waals surface area contributed by atoms with Crippen LogP contribution in [0.4, 0.5) is 13.2 Å². The minimum absolute atomic E-state index is 0.00763. The highest BCUT2D eigenvalue weighted by atomic mass is 19.4. The molecule has 0 atom stereocenters. The van der Waals surface area contributed by atoms with Crippen LogP contribution in [-0.2, 0) is 22.2 Å². The van der Waals surface area contributed by atoms with Crippen molar-refractivity contribution in [3.63, 3.8) is 0 Å². The molecule has 0 spiro atoms. The van der Waals surface area contributed by atoms with E-state index in [4.69, 9.17) is 4.74 Å². The van der Waals surface area contributed by atoms with E-state index in [0.717, 1.165) is 17.5 Å². The van der Waals surface area contributed by atoms with Gasteiger partial charge < -0.3 is 20.1 Å². The average Bonchev–Trinajstić information content (AvgIpc) is 3.49. The van der Waals surface area contributed by atoms with Crippen molar-refractivity contribution in [3.8, 4) is 11.4 Å². The molecule has 9 nitrogen and oxygen atoms in total. The number of benzene rings is 1. The zero-order valence-electron chi connectivity index (χ0n) is 20.4. The second-order valence-electron chi connectivity index (χ2n) is 9.43. The predicted octanol–water partition coefficient (Wildman–Crippen LogP) is 3.58. The maximum absolute atomic E-state index is 13.7. The Bertz CT molecular complexity index is 1170. The van der Waals surface area contributed by atoms with Gasteiger partial charge in [0.1, 0.15) is 17.0 Å². The number of aromatic nitrogens is 2. The van der Waals surface area contributed by atoms with Crippen LogP contribution in [0.5, 0.6) is 5.75 Å². The first-order valence-corrected chi connectivity index (χ1v) is 12.2. The molecular weight excluding hydrogens is 493 g/mol. The van der Waals surface area contributed by atoms with Crippen LogP contribution in [0.15, 0.2) is 24.3 Å². The number of ether oxygens (including phenoxy) is 1. The third kappa shape index (κ3) is 5.42. The molecule has 1 fully saturated rings. The van der Waals surface area contributed by atoms with Crippen LogP contribution in [0.3, 0.4) is 0 Å². The van der Waals surface area contributed by atoms with Gasteiger partial charge in [-0.25, -0.2) is 9.48 Å². The third-order valence-electron chi connectivity index (χ3n) is 7.02. The maximum atomic E-state index is 13.7. The number of carbonyl (C=O) groups excluding carboxylic acids is 2. The van der Waals surface area contributed by atoms with E-state index in [1.54, 1.807) is 12.1 Å². The van der Waals surface area contributed by atoms with E-state index in [-0.39, 0.29) is 43.1 Å². The van der Waals surface area contributed by atoms with Crippen molar-refractivity contribution in [1.29, 1.82) is 0 Å². The van der Waals surface area contributed by atoms with Gasteiger partial charge in [0.25, 0.3) is 5.91 Å². The maximum Gasteiger partial charge on any atom is 0.435 e. The second kappa shape index (κ2) is 10.4. The van der Waals surface area contributed by atoms with Gasteiger partial charge in [0.2, 0.25) is 5.91 Å². The molecule has 0 unspecified atom stereocenters. The Kier molecular flexibility index (Phi) is 7.47. The highest BCUT2D eigenvalue weighted by molar-refractivity contribution is 5.96. The molecule has 2 N–H and O–H groups in total. The number of halogens is 3. The summed E-state index contributed by atoms with van der Waals surface area (Å²) < 4.78 is 47.2. The van der Waals surface area contributed by atoms with Crippen LogP contribution < -0.4 is 10.1 Å². The topological polar surface area (TPSA) is 114 Å². The summed E-state index contributed by atoms with van der Waals surface area (Å²) in [6, 6.07) is 6.22. The van der Waals surface area contributed by atoms with Crippen molar-refractivity contribution in [1.82, 2.24) is 20.0 Å². The lowest BCUT2D eigenvalue weighted by molar-refractivity contribution is -0.147. The Hall–Kier alpha value is -3.57. The summed E-state index contributed by atoms with van der Waals surface area (Å²) in [4.78, 5) is 38.7. The average molecular weight is 523 g/mol. The van der Waals surface area contributed by atoms with Gasteiger partial charge in [0, 0.05) is 25.1 Å². The fourth-order valence-electron chi connectivity index (χ4n) is 5.04. The van der Waals surface area contributed by atoms with Gasteiger partial charge in [-0.05, 0) is 56.4 Å². The largest absolute Gasteiger partial charge is 0.497 e. The van der Waals surface area contributed by atoms with E-state index in [9.17, 15) is 32.7 Å². The van der Waals surface area contributed by atoms with Crippen molar-refractivity contribution < 1.29 is 37.4 Å². The third-order valence-corrected chi connectivity index (χ3v) is 7.02. The SMILES string of the molecule is COc1ccc(-n2nc(C(F)(F)F)c3c2C(=O)N(CCCCC(=O)NC2(C(=O)O)CCCC2)CC3)cc1. The number of rotatable bonds is 9. The Morgan fingerprint density at radius 1 is 1.16 bits per heavy atom. The van der Waals surface area contributed by atoms with Gasteiger partial charge in [0.05, 0.1) is 12.8 Å². The number of nitrogens with zero attached hydrogens (tertiary/aromatic N) is 3. The standard InChI is InChI=1S/C25H29F3N4O5/c1-37-17-9-7-16(8-10-17)32-20-18(21(30-32)25(26,27)28)11-15-31(22(20)34)14-5-2-6-19(33)29-24(23(35)36)12-3-4-13-24/h7-10H,2-6,11-15H2,1H3,(H,29,33)(H,35,36). The molecule has 37 heavy (non-hydrogen) atoms. The summed E-state index contributed by atoms with van der Waals surface area (Å²) >= 11 is 0. The molecule has 1 aromatic heterocycles. The second-order valence-corrected chi connectivity index (χ2v) is 9.43. The molecule has 0 saturated heterocycles. The number of carboxylic acid groups (broad SMARTS) is 1. The Balaban J connectivity index is 1.43. The van der Waals surface area contributed by atoms with Crippen molar-refractivity contribution >= 4 is 17.8 Å². The van der Waals surface area contributed by atoms with Crippen molar-refractivity contribution in [2.75, 3.05) is 20.2 Å². The zero-order chi connectivity index (χ0) is 26.8. The number of aliphatic carboxylic acids is 1. The number of alkyl halides is 3. The molecule has 4 rings (SSSR count). The van der Waals surface area contributed by atoms with Crippen LogP contribution in [0, 0.1) is 0 Å². The minimum atomic E-state index is -4.70. The fourth-order valence-corrected chi connectivity index (χ4v) is 5.04. The molecule has 2 aliphatic rings. The first-order chi connectivity index (χ1) is 17.6. The fraction of sp³-hybridized carbons (Fsp3) is 0.520. The molecule has 200 valence electrons. The molecule has 12 heteroatoms. The molecule has 1 aliphatic heterocycles. The Labute approximate surface area is 211 Å². The van der Waals surface area contributed by atoms with E-state index in [0.29, 0.717) is 37.1 Å². The van der Waals surface area contributed by atoms with E-state index >= 15 is 0 Å². The molecule has 2 amide bonds. The number of nitrogens with one attached hydrogen (secondary N) is 1. The molecule has 1 aliphatic carbocycles. The monoisotopic (exact) mass is 522 g/mol. The number of hydrogen-bond donors (Lipinski definition) is 2. The molecular formula is C25H29F3N4O5. The minimum Gasteiger partial charge on any atom is -0.497 e. The van der Waals surface area contributed by atoms with Crippen LogP contribution in [-0.4, -0.2) is 63.3 Å². The molecule has 0 radical (unpaired) electrons. The van der Waals surface area contributed by atoms with Gasteiger partial charge in [-0.1, -0.05) is 12.8 Å². The lowest BCUT2D eigenvalue weighted by Gasteiger charge is -2.28. The van der Waals surface area contributed by atoms with Crippen molar-refractivity contribution in [2.24, 2.45) is 0 Å². The molecule has 1 saturated carbocycles. The first-order valence-electron chi connectivity index (χ1n) is 12.2. The highest BCUT2D eigenvalue weighted by Gasteiger charge is 2.44. The number of hydrogen-bond acceptors (Lipinski definition) is 5. The predicted molar refractivity (Wildman–Crippen MR) is 126 cm³/mol. The van der Waals surface area contributed by atoms with Crippen LogP contribution in [0.25, 0.3) is 5.69 Å². The van der Waals surface area contributed by atoms with Gasteiger partial charge in [-0.15, -0.1) is 0 Å². The van der Waals surface area contributed by atoms with Crippen LogP contribution >= 0.6 is 0 Å². The highest BCUT2D eigenvalue weighted by Crippen LogP contribution is 2.36. The number of carbonyl (C=O) groups is 3. The van der Waals surface area contributed by atoms with Gasteiger partial charge in [-0.2, -0.15) is 18.3 Å². The van der Waals surface area contributed by atoms with E-state index in [2.05, 4.69) is 10.4 Å². The van der Waals surface area contributed by atoms with Gasteiger partial charge in [0.15, 0.2) is 5.69 Å². The summed E-state index contributed by atoms with van der Waals surface area (Å²) in [5.74, 6) is -1.43. The van der Waals surface area contributed by atoms with E-state index in [1.165, 1.54) is 24.1 Å². The summed E-state index contributed by atoms with van der Waals surface area (Å²) in [7, 11) is 1.47. The number of carboxylic acids is 1. The molecule has 0 bridgehead atoms. The smallest absolute Gasteiger partial charge is 0.435 e. The number of amides is 2. The van der Waals surface area contributed by atoms with Crippen molar-refractivity contribution in [2.45, 2.75) is 63.1 Å². The lowest BCUT2D eigenvalue weighted by atomic mass is 9.97. The van der Waals surface area contributed by atoms with Gasteiger partial charge >= 0.3 is 12.1 Å². The van der Waals surface area contributed by atoms with E-state index < -0.39 is 29.3 Å². The molecule has 1 aromatic carbocycles.